The average molecular weight is 283 g/mol. The highest BCUT2D eigenvalue weighted by Crippen LogP contribution is 2.31. The van der Waals surface area contributed by atoms with E-state index < -0.39 is 0 Å². The zero-order valence-electron chi connectivity index (χ0n) is 12.9. The van der Waals surface area contributed by atoms with Crippen molar-refractivity contribution >= 4 is 11.6 Å². The van der Waals surface area contributed by atoms with E-state index in [9.17, 15) is 0 Å². The second kappa shape index (κ2) is 7.79. The molecule has 0 aliphatic carbocycles. The van der Waals surface area contributed by atoms with Gasteiger partial charge in [-0.1, -0.05) is 46.8 Å². The van der Waals surface area contributed by atoms with Crippen LogP contribution in [0.5, 0.6) is 5.75 Å². The summed E-state index contributed by atoms with van der Waals surface area (Å²) in [6.45, 7) is 11.8. The maximum atomic E-state index is 5.93. The summed E-state index contributed by atoms with van der Waals surface area (Å²) in [6.07, 6.45) is 1.02. The maximum Gasteiger partial charge on any atom is 0.122 e. The number of hydrogen-bond acceptors (Lipinski definition) is 1. The summed E-state index contributed by atoms with van der Waals surface area (Å²) in [7, 11) is 0. The minimum Gasteiger partial charge on any atom is -0.493 e. The molecule has 19 heavy (non-hydrogen) atoms. The summed E-state index contributed by atoms with van der Waals surface area (Å²) in [4.78, 5) is 0. The first-order valence-corrected chi connectivity index (χ1v) is 7.81. The summed E-state index contributed by atoms with van der Waals surface area (Å²) >= 11 is 5.84. The third kappa shape index (κ3) is 5.06. The van der Waals surface area contributed by atoms with Gasteiger partial charge in [0.15, 0.2) is 0 Å². The van der Waals surface area contributed by atoms with E-state index in [4.69, 9.17) is 16.3 Å². The lowest BCUT2D eigenvalue weighted by atomic mass is 9.93. The summed E-state index contributed by atoms with van der Waals surface area (Å²) < 4.78 is 5.93. The molecule has 0 N–H and O–H groups in total. The molecule has 1 aromatic rings. The van der Waals surface area contributed by atoms with Crippen LogP contribution in [0.15, 0.2) is 18.2 Å². The van der Waals surface area contributed by atoms with Crippen LogP contribution in [0.2, 0.25) is 0 Å². The van der Waals surface area contributed by atoms with Gasteiger partial charge in [0.1, 0.15) is 5.75 Å². The third-order valence-corrected chi connectivity index (χ3v) is 3.56. The van der Waals surface area contributed by atoms with Crippen LogP contribution >= 0.6 is 11.6 Å². The molecule has 0 radical (unpaired) electrons. The summed E-state index contributed by atoms with van der Waals surface area (Å²) in [6, 6.07) is 6.59. The van der Waals surface area contributed by atoms with Crippen molar-refractivity contribution in [3.8, 4) is 5.75 Å². The van der Waals surface area contributed by atoms with Crippen molar-refractivity contribution in [2.75, 3.05) is 12.5 Å². The number of rotatable bonds is 7. The largest absolute Gasteiger partial charge is 0.493 e. The zero-order valence-corrected chi connectivity index (χ0v) is 13.6. The lowest BCUT2D eigenvalue weighted by molar-refractivity contribution is 0.267. The zero-order chi connectivity index (χ0) is 14.4. The van der Waals surface area contributed by atoms with E-state index in [2.05, 4.69) is 52.8 Å². The highest BCUT2D eigenvalue weighted by atomic mass is 35.5. The summed E-state index contributed by atoms with van der Waals surface area (Å²) in [5.41, 5.74) is 2.67. The van der Waals surface area contributed by atoms with Crippen molar-refractivity contribution in [1.82, 2.24) is 0 Å². The minimum absolute atomic E-state index is 0.477. The fourth-order valence-electron chi connectivity index (χ4n) is 2.04. The van der Waals surface area contributed by atoms with Crippen molar-refractivity contribution in [3.63, 3.8) is 0 Å². The molecule has 0 saturated heterocycles. The van der Waals surface area contributed by atoms with Gasteiger partial charge in [-0.15, -0.1) is 11.6 Å². The number of halogens is 1. The van der Waals surface area contributed by atoms with E-state index in [0.717, 1.165) is 18.8 Å². The molecule has 0 bridgehead atoms. The molecular weight excluding hydrogens is 256 g/mol. The second-order valence-corrected chi connectivity index (χ2v) is 6.41. The second-order valence-electron chi connectivity index (χ2n) is 6.04. The van der Waals surface area contributed by atoms with Gasteiger partial charge >= 0.3 is 0 Å². The molecule has 0 aliphatic rings. The maximum absolute atomic E-state index is 5.93. The Hall–Kier alpha value is -0.690. The van der Waals surface area contributed by atoms with Crippen molar-refractivity contribution < 1.29 is 4.74 Å². The molecule has 1 nitrogen and oxygen atoms in total. The monoisotopic (exact) mass is 282 g/mol. The predicted octanol–water partition coefficient (Wildman–Crippen LogP) is 5.58. The Morgan fingerprint density at radius 2 is 1.79 bits per heavy atom. The molecular formula is C17H27ClO. The molecule has 0 aromatic heterocycles. The quantitative estimate of drug-likeness (QED) is 0.594. The Labute approximate surface area is 123 Å². The normalized spacial score (nSPS) is 13.1. The highest BCUT2D eigenvalue weighted by Gasteiger charge is 2.12. The Balaban J connectivity index is 2.94. The predicted molar refractivity (Wildman–Crippen MR) is 84.6 cm³/mol. The molecule has 0 heterocycles. The van der Waals surface area contributed by atoms with Crippen LogP contribution in [0.4, 0.5) is 0 Å². The van der Waals surface area contributed by atoms with Crippen LogP contribution in [0, 0.1) is 5.92 Å². The Morgan fingerprint density at radius 1 is 1.11 bits per heavy atom. The summed E-state index contributed by atoms with van der Waals surface area (Å²) in [5, 5.41) is 0. The van der Waals surface area contributed by atoms with Gasteiger partial charge < -0.3 is 4.74 Å². The van der Waals surface area contributed by atoms with E-state index in [1.165, 1.54) is 11.1 Å². The number of benzene rings is 1. The molecule has 1 atom stereocenters. The number of alkyl halides is 1. The van der Waals surface area contributed by atoms with Gasteiger partial charge in [-0.05, 0) is 41.4 Å². The summed E-state index contributed by atoms with van der Waals surface area (Å²) in [5.74, 6) is 3.28. The van der Waals surface area contributed by atoms with Gasteiger partial charge in [0.25, 0.3) is 0 Å². The Bertz CT molecular complexity index is 385. The van der Waals surface area contributed by atoms with Crippen LogP contribution in [0.25, 0.3) is 0 Å². The molecule has 0 spiro atoms. The van der Waals surface area contributed by atoms with Gasteiger partial charge in [0.2, 0.25) is 0 Å². The van der Waals surface area contributed by atoms with Crippen LogP contribution in [0.1, 0.15) is 64.0 Å². The van der Waals surface area contributed by atoms with Crippen LogP contribution in [0.3, 0.4) is 0 Å². The van der Waals surface area contributed by atoms with Gasteiger partial charge in [0.05, 0.1) is 6.61 Å². The van der Waals surface area contributed by atoms with Crippen molar-refractivity contribution in [2.24, 2.45) is 5.92 Å². The van der Waals surface area contributed by atoms with E-state index in [-0.39, 0.29) is 0 Å². The Kier molecular flexibility index (Phi) is 6.71. The lowest BCUT2D eigenvalue weighted by Crippen LogP contribution is -2.07. The topological polar surface area (TPSA) is 9.23 Å². The smallest absolute Gasteiger partial charge is 0.122 e. The van der Waals surface area contributed by atoms with Crippen molar-refractivity contribution in [2.45, 2.75) is 52.9 Å². The average Bonchev–Trinajstić information content (AvgIpc) is 2.36. The van der Waals surface area contributed by atoms with Gasteiger partial charge in [-0.2, -0.15) is 0 Å². The van der Waals surface area contributed by atoms with E-state index in [1.54, 1.807) is 0 Å². The van der Waals surface area contributed by atoms with E-state index >= 15 is 0 Å². The molecule has 0 fully saturated rings. The van der Waals surface area contributed by atoms with Crippen molar-refractivity contribution in [1.29, 1.82) is 0 Å². The lowest BCUT2D eigenvalue weighted by Gasteiger charge is -2.19. The molecule has 1 unspecified atom stereocenters. The SMILES string of the molecule is CC(C)COc1ccc(C(C)CCCl)cc1C(C)C. The molecule has 0 amide bonds. The third-order valence-electron chi connectivity index (χ3n) is 3.34. The highest BCUT2D eigenvalue weighted by molar-refractivity contribution is 6.17. The Morgan fingerprint density at radius 3 is 2.32 bits per heavy atom. The molecule has 0 saturated carbocycles. The van der Waals surface area contributed by atoms with Gasteiger partial charge in [-0.3, -0.25) is 0 Å². The number of hydrogen-bond donors (Lipinski definition) is 0. The van der Waals surface area contributed by atoms with Crippen LogP contribution < -0.4 is 4.74 Å². The first-order chi connectivity index (χ1) is 8.95. The van der Waals surface area contributed by atoms with Crippen LogP contribution in [-0.4, -0.2) is 12.5 Å². The van der Waals surface area contributed by atoms with E-state index in [0.29, 0.717) is 23.6 Å². The fraction of sp³-hybridized carbons (Fsp3) is 0.647. The molecule has 108 valence electrons. The van der Waals surface area contributed by atoms with E-state index in [1.807, 2.05) is 0 Å². The molecule has 0 aliphatic heterocycles. The minimum atomic E-state index is 0.477. The van der Waals surface area contributed by atoms with Gasteiger partial charge in [-0.25, -0.2) is 0 Å². The molecule has 1 rings (SSSR count). The number of ether oxygens (including phenoxy) is 1. The van der Waals surface area contributed by atoms with Crippen molar-refractivity contribution in [3.05, 3.63) is 29.3 Å². The fourth-order valence-corrected chi connectivity index (χ4v) is 2.37. The van der Waals surface area contributed by atoms with Gasteiger partial charge in [0, 0.05) is 5.88 Å². The standard InChI is InChI=1S/C17H27ClO/c1-12(2)11-19-17-7-6-15(14(5)8-9-18)10-16(17)13(3)4/h6-7,10,12-14H,8-9,11H2,1-5H3. The first-order valence-electron chi connectivity index (χ1n) is 7.28. The van der Waals surface area contributed by atoms with Crippen LogP contribution in [-0.2, 0) is 0 Å². The first kappa shape index (κ1) is 16.4. The molecule has 1 aromatic carbocycles. The molecule has 2 heteroatoms.